The fourth-order valence-corrected chi connectivity index (χ4v) is 4.17. The Kier molecular flexibility index (Phi) is 4.71. The average Bonchev–Trinajstić information content (AvgIpc) is 3.46. The number of H-pyrrole nitrogens is 1. The van der Waals surface area contributed by atoms with Crippen LogP contribution in [0.1, 0.15) is 19.3 Å². The van der Waals surface area contributed by atoms with Crippen molar-refractivity contribution in [2.45, 2.75) is 25.3 Å². The van der Waals surface area contributed by atoms with Gasteiger partial charge in [0, 0.05) is 35.6 Å². The smallest absolute Gasteiger partial charge is 0.406 e. The van der Waals surface area contributed by atoms with E-state index in [2.05, 4.69) is 31.4 Å². The lowest BCUT2D eigenvalue weighted by molar-refractivity contribution is 0.196. The van der Waals surface area contributed by atoms with Crippen LogP contribution in [0.15, 0.2) is 30.6 Å². The van der Waals surface area contributed by atoms with Crippen molar-refractivity contribution in [3.05, 3.63) is 35.6 Å². The highest BCUT2D eigenvalue weighted by molar-refractivity contribution is 6.31. The third-order valence-electron chi connectivity index (χ3n) is 5.54. The Morgan fingerprint density at radius 1 is 1.42 bits per heavy atom. The molecule has 1 aliphatic rings. The van der Waals surface area contributed by atoms with E-state index in [-0.39, 0.29) is 17.7 Å². The molecule has 1 fully saturated rings. The maximum absolute atomic E-state index is 12.4. The number of nitriles is 1. The molecular formula is C21H18ClN7O2. The van der Waals surface area contributed by atoms with Crippen molar-refractivity contribution < 1.29 is 9.53 Å². The number of hydrogen-bond donors (Lipinski definition) is 2. The molecule has 0 saturated heterocycles. The number of hydrogen-bond acceptors (Lipinski definition) is 6. The van der Waals surface area contributed by atoms with Gasteiger partial charge in [-0.2, -0.15) is 10.4 Å². The van der Waals surface area contributed by atoms with Gasteiger partial charge in [-0.15, -0.1) is 0 Å². The Bertz CT molecular complexity index is 1350. The molecule has 0 spiro atoms. The van der Waals surface area contributed by atoms with Crippen LogP contribution in [0.3, 0.4) is 0 Å². The maximum atomic E-state index is 12.4. The van der Waals surface area contributed by atoms with E-state index in [1.807, 2.05) is 19.2 Å². The third kappa shape index (κ3) is 3.55. The van der Waals surface area contributed by atoms with Crippen LogP contribution >= 0.6 is 11.6 Å². The summed E-state index contributed by atoms with van der Waals surface area (Å²) < 4.78 is 7.22. The van der Waals surface area contributed by atoms with E-state index in [4.69, 9.17) is 21.6 Å². The van der Waals surface area contributed by atoms with Gasteiger partial charge in [-0.3, -0.25) is 4.68 Å². The molecule has 10 heteroatoms. The maximum Gasteiger partial charge on any atom is 0.412 e. The summed E-state index contributed by atoms with van der Waals surface area (Å²) in [5.74, 6) is 0.259. The number of ether oxygens (including phenoxy) is 1. The molecule has 156 valence electrons. The molecule has 0 radical (unpaired) electrons. The van der Waals surface area contributed by atoms with Crippen molar-refractivity contribution in [2.75, 3.05) is 0 Å². The topological polar surface area (TPSA) is 122 Å². The summed E-state index contributed by atoms with van der Waals surface area (Å²) in [4.78, 5) is 24.4. The number of carbonyl (C=O) groups excluding carboxylic acids is 1. The van der Waals surface area contributed by atoms with Gasteiger partial charge in [0.05, 0.1) is 17.8 Å². The van der Waals surface area contributed by atoms with E-state index in [0.29, 0.717) is 34.0 Å². The predicted molar refractivity (Wildman–Crippen MR) is 115 cm³/mol. The van der Waals surface area contributed by atoms with Crippen LogP contribution in [0.4, 0.5) is 4.79 Å². The van der Waals surface area contributed by atoms with Crippen LogP contribution in [-0.4, -0.2) is 36.9 Å². The van der Waals surface area contributed by atoms with Crippen LogP contribution in [0.5, 0.6) is 5.75 Å². The second-order valence-electron chi connectivity index (χ2n) is 7.61. The molecular weight excluding hydrogens is 418 g/mol. The van der Waals surface area contributed by atoms with Crippen molar-refractivity contribution in [1.82, 2.24) is 30.0 Å². The summed E-state index contributed by atoms with van der Waals surface area (Å²) in [6.45, 7) is 0. The van der Waals surface area contributed by atoms with E-state index in [0.717, 1.165) is 23.7 Å². The molecule has 3 heterocycles. The molecule has 1 amide bonds. The molecule has 2 N–H and O–H groups in total. The van der Waals surface area contributed by atoms with Gasteiger partial charge in [0.15, 0.2) is 16.9 Å². The number of rotatable bonds is 3. The molecule has 1 aromatic carbocycles. The predicted octanol–water partition coefficient (Wildman–Crippen LogP) is 3.95. The fourth-order valence-electron chi connectivity index (χ4n) is 4.01. The van der Waals surface area contributed by atoms with Crippen molar-refractivity contribution in [2.24, 2.45) is 13.0 Å². The molecule has 3 aromatic heterocycles. The number of carbonyl (C=O) groups is 1. The lowest BCUT2D eigenvalue weighted by Crippen LogP contribution is -2.35. The number of nitrogens with zero attached hydrogens (tertiary/aromatic N) is 5. The minimum atomic E-state index is -0.574. The number of nitrogens with one attached hydrogen (secondary N) is 2. The number of aryl methyl sites for hydroxylation is 1. The number of fused-ring (bicyclic) bond motifs is 2. The van der Waals surface area contributed by atoms with E-state index >= 15 is 0 Å². The van der Waals surface area contributed by atoms with Gasteiger partial charge in [0.1, 0.15) is 11.4 Å². The highest BCUT2D eigenvalue weighted by Gasteiger charge is 2.26. The van der Waals surface area contributed by atoms with Gasteiger partial charge >= 0.3 is 6.09 Å². The third-order valence-corrected chi connectivity index (χ3v) is 5.78. The van der Waals surface area contributed by atoms with Crippen molar-refractivity contribution in [3.8, 4) is 23.2 Å². The zero-order valence-electron chi connectivity index (χ0n) is 16.6. The van der Waals surface area contributed by atoms with E-state index in [1.54, 1.807) is 23.1 Å². The Labute approximate surface area is 182 Å². The Morgan fingerprint density at radius 2 is 2.29 bits per heavy atom. The summed E-state index contributed by atoms with van der Waals surface area (Å²) in [5.41, 5.74) is 3.02. The lowest BCUT2D eigenvalue weighted by atomic mass is 10.1. The first kappa shape index (κ1) is 19.3. The number of halogens is 1. The summed E-state index contributed by atoms with van der Waals surface area (Å²) in [6, 6.07) is 7.72. The SMILES string of the molecule is Cn1nc(-c2cnc3[nH]cc(OC(=O)N[C@@H]4CC[C@@H](C#N)C4)c3n2)c2ccc(Cl)cc21. The second kappa shape index (κ2) is 7.56. The molecule has 31 heavy (non-hydrogen) atoms. The quantitative estimate of drug-likeness (QED) is 0.502. The van der Waals surface area contributed by atoms with Crippen molar-refractivity contribution in [1.29, 1.82) is 5.26 Å². The fraction of sp³-hybridized carbons (Fsp3) is 0.286. The standard InChI is InChI=1S/C21H18ClN7O2/c1-29-16-7-12(22)3-5-14(16)18(28-29)15-9-24-20-19(27-15)17(10-25-20)31-21(30)26-13-4-2-11(6-13)8-23/h3,5,7,9-11,13H,2,4,6H2,1H3,(H,24,25)(H,26,30)/t11-,13-/m1/s1. The highest BCUT2D eigenvalue weighted by Crippen LogP contribution is 2.31. The van der Waals surface area contributed by atoms with E-state index < -0.39 is 6.09 Å². The summed E-state index contributed by atoms with van der Waals surface area (Å²) in [7, 11) is 1.84. The van der Waals surface area contributed by atoms with Gasteiger partial charge < -0.3 is 15.0 Å². The monoisotopic (exact) mass is 435 g/mol. The molecule has 9 nitrogen and oxygen atoms in total. The van der Waals surface area contributed by atoms with E-state index in [1.165, 1.54) is 0 Å². The largest absolute Gasteiger partial charge is 0.412 e. The minimum Gasteiger partial charge on any atom is -0.406 e. The number of benzene rings is 1. The average molecular weight is 436 g/mol. The summed E-state index contributed by atoms with van der Waals surface area (Å²) in [5, 5.41) is 17.9. The number of aromatic amines is 1. The van der Waals surface area contributed by atoms with Gasteiger partial charge in [0.2, 0.25) is 0 Å². The van der Waals surface area contributed by atoms with E-state index in [9.17, 15) is 4.79 Å². The Balaban J connectivity index is 1.43. The molecule has 1 aliphatic carbocycles. The van der Waals surface area contributed by atoms with Crippen LogP contribution in [0.2, 0.25) is 5.02 Å². The van der Waals surface area contributed by atoms with Crippen LogP contribution in [0.25, 0.3) is 33.5 Å². The molecule has 4 aromatic rings. The molecule has 0 aliphatic heterocycles. The number of amides is 1. The Morgan fingerprint density at radius 3 is 3.10 bits per heavy atom. The van der Waals surface area contributed by atoms with Crippen LogP contribution < -0.4 is 10.1 Å². The molecule has 1 saturated carbocycles. The summed E-state index contributed by atoms with van der Waals surface area (Å²) in [6.07, 6.45) is 4.79. The van der Waals surface area contributed by atoms with Crippen molar-refractivity contribution in [3.63, 3.8) is 0 Å². The first-order valence-corrected chi connectivity index (χ1v) is 10.2. The zero-order valence-corrected chi connectivity index (χ0v) is 17.3. The lowest BCUT2D eigenvalue weighted by Gasteiger charge is -2.11. The van der Waals surface area contributed by atoms with Gasteiger partial charge in [0.25, 0.3) is 0 Å². The van der Waals surface area contributed by atoms with Crippen LogP contribution in [-0.2, 0) is 7.05 Å². The highest BCUT2D eigenvalue weighted by atomic mass is 35.5. The molecule has 0 unspecified atom stereocenters. The number of aromatic nitrogens is 5. The molecule has 5 rings (SSSR count). The van der Waals surface area contributed by atoms with Gasteiger partial charge in [-0.05, 0) is 37.5 Å². The molecule has 2 atom stereocenters. The minimum absolute atomic E-state index is 0.0186. The van der Waals surface area contributed by atoms with Gasteiger partial charge in [-0.25, -0.2) is 14.8 Å². The summed E-state index contributed by atoms with van der Waals surface area (Å²) >= 11 is 6.11. The zero-order chi connectivity index (χ0) is 21.5. The van der Waals surface area contributed by atoms with Gasteiger partial charge in [-0.1, -0.05) is 11.6 Å². The Hall–Kier alpha value is -3.64. The van der Waals surface area contributed by atoms with Crippen LogP contribution in [0, 0.1) is 17.2 Å². The normalized spacial score (nSPS) is 18.4. The second-order valence-corrected chi connectivity index (χ2v) is 8.05. The first-order valence-electron chi connectivity index (χ1n) is 9.86. The van der Waals surface area contributed by atoms with Crippen molar-refractivity contribution >= 4 is 39.8 Å². The molecule has 0 bridgehead atoms. The first-order chi connectivity index (χ1) is 15.0.